The van der Waals surface area contributed by atoms with Gasteiger partial charge in [-0.05, 0) is 12.8 Å². The third kappa shape index (κ3) is 6.49. The van der Waals surface area contributed by atoms with E-state index in [1.807, 2.05) is 6.07 Å². The highest BCUT2D eigenvalue weighted by atomic mass is 19.1. The van der Waals surface area contributed by atoms with Crippen molar-refractivity contribution in [2.45, 2.75) is 12.8 Å². The Hall–Kier alpha value is -1.57. The summed E-state index contributed by atoms with van der Waals surface area (Å²) in [6.07, 6.45) is 2.25. The molecule has 0 aromatic rings. The second-order valence-corrected chi connectivity index (χ2v) is 3.05. The van der Waals surface area contributed by atoms with Crippen molar-refractivity contribution in [3.05, 3.63) is 11.8 Å². The van der Waals surface area contributed by atoms with E-state index in [0.29, 0.717) is 18.4 Å². The Morgan fingerprint density at radius 2 is 2.33 bits per heavy atom. The zero-order valence-corrected chi connectivity index (χ0v) is 8.99. The molecule has 0 unspecified atom stereocenters. The summed E-state index contributed by atoms with van der Waals surface area (Å²) in [5.41, 5.74) is 0.457. The molecule has 0 aliphatic carbocycles. The summed E-state index contributed by atoms with van der Waals surface area (Å²) in [5.74, 6) is -0.378. The fourth-order valence-electron chi connectivity index (χ4n) is 0.986. The summed E-state index contributed by atoms with van der Waals surface area (Å²) in [4.78, 5) is 12.4. The molecule has 0 aliphatic heterocycles. The predicted octanol–water partition coefficient (Wildman–Crippen LogP) is 1.25. The van der Waals surface area contributed by atoms with Crippen molar-refractivity contribution in [2.75, 3.05) is 27.4 Å². The van der Waals surface area contributed by atoms with Crippen LogP contribution in [0.15, 0.2) is 11.8 Å². The van der Waals surface area contributed by atoms with E-state index in [1.165, 1.54) is 13.3 Å². The van der Waals surface area contributed by atoms with E-state index < -0.39 is 6.67 Å². The van der Waals surface area contributed by atoms with Crippen LogP contribution in [0, 0.1) is 11.3 Å². The van der Waals surface area contributed by atoms with Crippen LogP contribution in [0.3, 0.4) is 0 Å². The van der Waals surface area contributed by atoms with Crippen molar-refractivity contribution in [3.8, 4) is 6.07 Å². The fourth-order valence-corrected chi connectivity index (χ4v) is 0.986. The van der Waals surface area contributed by atoms with Gasteiger partial charge in [0, 0.05) is 18.8 Å². The molecule has 0 aromatic heterocycles. The van der Waals surface area contributed by atoms with Crippen LogP contribution < -0.4 is 0 Å². The molecule has 0 saturated heterocycles. The van der Waals surface area contributed by atoms with Crippen LogP contribution in [0.4, 0.5) is 4.39 Å². The molecule has 4 nitrogen and oxygen atoms in total. The van der Waals surface area contributed by atoms with Gasteiger partial charge >= 0.3 is 5.97 Å². The lowest BCUT2D eigenvalue weighted by molar-refractivity contribution is -0.141. The van der Waals surface area contributed by atoms with Crippen LogP contribution in [-0.2, 0) is 9.53 Å². The van der Waals surface area contributed by atoms with E-state index in [9.17, 15) is 9.18 Å². The average Bonchev–Trinajstić information content (AvgIpc) is 2.23. The summed E-state index contributed by atoms with van der Waals surface area (Å²) in [5, 5.41) is 8.71. The van der Waals surface area contributed by atoms with Crippen LogP contribution in [0.25, 0.3) is 0 Å². The molecule has 0 bridgehead atoms. The maximum atomic E-state index is 11.9. The van der Waals surface area contributed by atoms with Crippen molar-refractivity contribution < 1.29 is 13.9 Å². The highest BCUT2D eigenvalue weighted by molar-refractivity contribution is 5.71. The van der Waals surface area contributed by atoms with Gasteiger partial charge in [0.15, 0.2) is 0 Å². The van der Waals surface area contributed by atoms with Gasteiger partial charge in [-0.15, -0.1) is 0 Å². The Balaban J connectivity index is 4.17. The third-order valence-corrected chi connectivity index (χ3v) is 1.71. The van der Waals surface area contributed by atoms with Crippen molar-refractivity contribution in [1.82, 2.24) is 4.90 Å². The average molecular weight is 214 g/mol. The summed E-state index contributed by atoms with van der Waals surface area (Å²) in [7, 11) is 2.96. The minimum Gasteiger partial charge on any atom is -0.468 e. The zero-order chi connectivity index (χ0) is 11.7. The monoisotopic (exact) mass is 214 g/mol. The molecule has 0 amide bonds. The summed E-state index contributed by atoms with van der Waals surface area (Å²) in [6, 6.07) is 1.96. The quantitative estimate of drug-likeness (QED) is 0.493. The molecule has 0 aromatic carbocycles. The highest BCUT2D eigenvalue weighted by Gasteiger charge is 2.04. The van der Waals surface area contributed by atoms with Gasteiger partial charge in [-0.25, -0.2) is 0 Å². The Morgan fingerprint density at radius 1 is 1.67 bits per heavy atom. The first-order valence-electron chi connectivity index (χ1n) is 4.57. The van der Waals surface area contributed by atoms with Gasteiger partial charge in [0.1, 0.15) is 6.54 Å². The van der Waals surface area contributed by atoms with Crippen LogP contribution in [0.1, 0.15) is 12.8 Å². The van der Waals surface area contributed by atoms with Gasteiger partial charge in [0.2, 0.25) is 0 Å². The number of methoxy groups -OCH3 is 1. The lowest BCUT2D eigenvalue weighted by Crippen LogP contribution is -2.22. The molecule has 15 heavy (non-hydrogen) atoms. The van der Waals surface area contributed by atoms with Gasteiger partial charge in [0.05, 0.1) is 19.9 Å². The number of nitrogens with zero attached hydrogens (tertiary/aromatic N) is 2. The summed E-state index contributed by atoms with van der Waals surface area (Å²) >= 11 is 0. The molecule has 0 aliphatic rings. The lowest BCUT2D eigenvalue weighted by Gasteiger charge is -2.12. The van der Waals surface area contributed by atoms with E-state index >= 15 is 0 Å². The fraction of sp³-hybridized carbons (Fsp3) is 0.600. The number of alkyl halides is 1. The molecule has 0 fully saturated rings. The normalized spacial score (nSPS) is 10.7. The Bertz CT molecular complexity index is 271. The zero-order valence-electron chi connectivity index (χ0n) is 8.99. The number of esters is 1. The van der Waals surface area contributed by atoms with Gasteiger partial charge < -0.3 is 9.64 Å². The van der Waals surface area contributed by atoms with Crippen molar-refractivity contribution in [1.29, 1.82) is 5.26 Å². The molecule has 5 heteroatoms. The number of likely N-dealkylation sites (N-methyl/N-ethyl adjacent to an activating group) is 1. The van der Waals surface area contributed by atoms with Crippen LogP contribution >= 0.6 is 0 Å². The van der Waals surface area contributed by atoms with Crippen molar-refractivity contribution in [2.24, 2.45) is 0 Å². The smallest absolute Gasteiger partial charge is 0.325 e. The Kier molecular flexibility index (Phi) is 6.98. The van der Waals surface area contributed by atoms with Gasteiger partial charge in [-0.1, -0.05) is 0 Å². The first-order chi connectivity index (χ1) is 7.13. The third-order valence-electron chi connectivity index (χ3n) is 1.71. The second-order valence-electron chi connectivity index (χ2n) is 3.05. The predicted molar refractivity (Wildman–Crippen MR) is 53.6 cm³/mol. The topological polar surface area (TPSA) is 53.3 Å². The SMILES string of the molecule is COC(=O)CN(C)/C=C(\C#N)CCCF. The molecule has 0 saturated carbocycles. The van der Waals surface area contributed by atoms with Crippen molar-refractivity contribution in [3.63, 3.8) is 0 Å². The molecular weight excluding hydrogens is 199 g/mol. The standard InChI is InChI=1S/C10H15FN2O2/c1-13(8-10(14)15-2)7-9(6-12)4-3-5-11/h7H,3-5,8H2,1-2H3/b9-7-. The number of halogens is 1. The Labute approximate surface area is 88.9 Å². The molecule has 84 valence electrons. The summed E-state index contributed by atoms with van der Waals surface area (Å²) in [6.45, 7) is -0.364. The number of carbonyl (C=O) groups is 1. The van der Waals surface area contributed by atoms with Gasteiger partial charge in [0.25, 0.3) is 0 Å². The first-order valence-corrected chi connectivity index (χ1v) is 4.57. The molecule has 0 radical (unpaired) electrons. The summed E-state index contributed by atoms with van der Waals surface area (Å²) < 4.78 is 16.3. The van der Waals surface area contributed by atoms with Crippen LogP contribution in [-0.4, -0.2) is 38.2 Å². The minimum atomic E-state index is -0.445. The highest BCUT2D eigenvalue weighted by Crippen LogP contribution is 2.05. The number of ether oxygens (including phenoxy) is 1. The van der Waals surface area contributed by atoms with Crippen LogP contribution in [0.5, 0.6) is 0 Å². The number of nitriles is 1. The second kappa shape index (κ2) is 7.80. The van der Waals surface area contributed by atoms with Crippen molar-refractivity contribution >= 4 is 5.97 Å². The van der Waals surface area contributed by atoms with E-state index in [1.54, 1.807) is 11.9 Å². The maximum absolute atomic E-state index is 11.9. The number of hydrogen-bond donors (Lipinski definition) is 0. The van der Waals surface area contributed by atoms with E-state index in [0.717, 1.165) is 0 Å². The Morgan fingerprint density at radius 3 is 2.80 bits per heavy atom. The number of rotatable bonds is 6. The molecule has 0 rings (SSSR count). The molecular formula is C10H15FN2O2. The largest absolute Gasteiger partial charge is 0.468 e. The van der Waals surface area contributed by atoms with Gasteiger partial charge in [-0.2, -0.15) is 5.26 Å². The molecule has 0 spiro atoms. The molecule has 0 N–H and O–H groups in total. The van der Waals surface area contributed by atoms with E-state index in [4.69, 9.17) is 5.26 Å². The van der Waals surface area contributed by atoms with E-state index in [2.05, 4.69) is 4.74 Å². The number of allylic oxidation sites excluding steroid dienone is 1. The molecule has 0 heterocycles. The minimum absolute atomic E-state index is 0.0807. The van der Waals surface area contributed by atoms with Crippen LogP contribution in [0.2, 0.25) is 0 Å². The molecule has 0 atom stereocenters. The van der Waals surface area contributed by atoms with Gasteiger partial charge in [-0.3, -0.25) is 9.18 Å². The first kappa shape index (κ1) is 13.4. The maximum Gasteiger partial charge on any atom is 0.325 e. The number of carbonyl (C=O) groups excluding carboxylic acids is 1. The van der Waals surface area contributed by atoms with E-state index in [-0.39, 0.29) is 12.5 Å². The lowest BCUT2D eigenvalue weighted by atomic mass is 10.2. The number of hydrogen-bond acceptors (Lipinski definition) is 4.